The van der Waals surface area contributed by atoms with Crippen molar-refractivity contribution in [1.82, 2.24) is 5.32 Å². The van der Waals surface area contributed by atoms with Crippen LogP contribution < -0.4 is 5.32 Å². The number of amides is 1. The minimum atomic E-state index is -0.753. The summed E-state index contributed by atoms with van der Waals surface area (Å²) in [5.74, 6) is 0.0219. The van der Waals surface area contributed by atoms with Crippen LogP contribution in [-0.2, 0) is 14.9 Å². The van der Waals surface area contributed by atoms with E-state index in [2.05, 4.69) is 24.4 Å². The molecule has 0 atom stereocenters. The lowest BCUT2D eigenvalue weighted by Gasteiger charge is -2.30. The van der Waals surface area contributed by atoms with E-state index in [4.69, 9.17) is 4.74 Å². The summed E-state index contributed by atoms with van der Waals surface area (Å²) >= 11 is 0. The van der Waals surface area contributed by atoms with Crippen molar-refractivity contribution in [3.05, 3.63) is 59.7 Å². The number of rotatable bonds is 5. The number of benzene rings is 2. The number of fused-ring (bicyclic) bond motifs is 3. The van der Waals surface area contributed by atoms with Crippen molar-refractivity contribution in [3.8, 4) is 11.1 Å². The summed E-state index contributed by atoms with van der Waals surface area (Å²) in [7, 11) is 1.65. The molecule has 1 aliphatic carbocycles. The third-order valence-corrected chi connectivity index (χ3v) is 4.35. The molecule has 2 aromatic rings. The molecule has 1 N–H and O–H groups in total. The molecular weight excluding hydrogens is 274 g/mol. The molecule has 0 aromatic heterocycles. The summed E-state index contributed by atoms with van der Waals surface area (Å²) in [6.45, 7) is 3.07. The second kappa shape index (κ2) is 5.93. The topological polar surface area (TPSA) is 38.3 Å². The molecule has 0 aliphatic heterocycles. The molecule has 3 rings (SSSR count). The fourth-order valence-electron chi connectivity index (χ4n) is 3.40. The Hall–Kier alpha value is -2.13. The lowest BCUT2D eigenvalue weighted by molar-refractivity contribution is -0.126. The maximum atomic E-state index is 13.1. The van der Waals surface area contributed by atoms with Gasteiger partial charge in [-0.1, -0.05) is 55.5 Å². The lowest BCUT2D eigenvalue weighted by Crippen LogP contribution is -2.47. The van der Waals surface area contributed by atoms with Gasteiger partial charge in [0.05, 0.1) is 6.61 Å². The first-order valence-electron chi connectivity index (χ1n) is 7.72. The van der Waals surface area contributed by atoms with Gasteiger partial charge in [0.1, 0.15) is 5.41 Å². The maximum absolute atomic E-state index is 13.1. The Labute approximate surface area is 131 Å². The van der Waals surface area contributed by atoms with Crippen molar-refractivity contribution >= 4 is 5.91 Å². The number of ether oxygens (including phenoxy) is 1. The van der Waals surface area contributed by atoms with Crippen LogP contribution >= 0.6 is 0 Å². The summed E-state index contributed by atoms with van der Waals surface area (Å²) in [6, 6.07) is 16.3. The molecule has 0 spiro atoms. The molecule has 22 heavy (non-hydrogen) atoms. The highest BCUT2D eigenvalue weighted by atomic mass is 16.5. The predicted octanol–water partition coefficient (Wildman–Crippen LogP) is 3.13. The normalized spacial score (nSPS) is 14.3. The quantitative estimate of drug-likeness (QED) is 0.920. The van der Waals surface area contributed by atoms with Crippen molar-refractivity contribution in [1.29, 1.82) is 0 Å². The van der Waals surface area contributed by atoms with Crippen molar-refractivity contribution in [2.75, 3.05) is 20.3 Å². The second-order valence-corrected chi connectivity index (χ2v) is 5.69. The van der Waals surface area contributed by atoms with E-state index in [1.54, 1.807) is 7.11 Å². The van der Waals surface area contributed by atoms with E-state index < -0.39 is 5.41 Å². The fraction of sp³-hybridized carbons (Fsp3) is 0.316. The molecule has 2 aromatic carbocycles. The zero-order chi connectivity index (χ0) is 15.6. The second-order valence-electron chi connectivity index (χ2n) is 5.69. The Kier molecular flexibility index (Phi) is 3.99. The fourth-order valence-corrected chi connectivity index (χ4v) is 3.40. The van der Waals surface area contributed by atoms with Crippen LogP contribution in [0.25, 0.3) is 11.1 Å². The van der Waals surface area contributed by atoms with Crippen LogP contribution in [0.15, 0.2) is 48.5 Å². The Morgan fingerprint density at radius 3 is 2.09 bits per heavy atom. The third-order valence-electron chi connectivity index (χ3n) is 4.35. The van der Waals surface area contributed by atoms with Crippen LogP contribution in [-0.4, -0.2) is 26.2 Å². The first-order chi connectivity index (χ1) is 10.8. The molecule has 3 nitrogen and oxygen atoms in total. The minimum absolute atomic E-state index is 0.0219. The molecular formula is C19H21NO2. The number of carbonyl (C=O) groups excluding carboxylic acids is 1. The predicted molar refractivity (Wildman–Crippen MR) is 87.8 cm³/mol. The smallest absolute Gasteiger partial charge is 0.237 e. The third kappa shape index (κ3) is 2.04. The van der Waals surface area contributed by atoms with Gasteiger partial charge in [0.25, 0.3) is 0 Å². The van der Waals surface area contributed by atoms with Crippen molar-refractivity contribution in [2.45, 2.75) is 18.8 Å². The number of methoxy groups -OCH3 is 1. The summed E-state index contributed by atoms with van der Waals surface area (Å²) in [6.07, 6.45) is 0.915. The first kappa shape index (κ1) is 14.8. The highest BCUT2D eigenvalue weighted by molar-refractivity contribution is 6.00. The van der Waals surface area contributed by atoms with Crippen LogP contribution in [0, 0.1) is 0 Å². The van der Waals surface area contributed by atoms with E-state index >= 15 is 0 Å². The highest BCUT2D eigenvalue weighted by Gasteiger charge is 2.48. The largest absolute Gasteiger partial charge is 0.383 e. The average molecular weight is 295 g/mol. The number of nitrogens with one attached hydrogen (secondary N) is 1. The van der Waals surface area contributed by atoms with Crippen LogP contribution in [0.5, 0.6) is 0 Å². The molecule has 1 aliphatic rings. The zero-order valence-corrected chi connectivity index (χ0v) is 13.1. The first-order valence-corrected chi connectivity index (χ1v) is 7.72. The van der Waals surface area contributed by atoms with Gasteiger partial charge in [-0.25, -0.2) is 0 Å². The molecule has 114 valence electrons. The van der Waals surface area contributed by atoms with Gasteiger partial charge in [-0.2, -0.15) is 0 Å². The van der Waals surface area contributed by atoms with Gasteiger partial charge in [0, 0.05) is 13.7 Å². The average Bonchev–Trinajstić information content (AvgIpc) is 2.85. The number of carbonyl (C=O) groups is 1. The molecule has 0 heterocycles. The Morgan fingerprint density at radius 2 is 1.59 bits per heavy atom. The van der Waals surface area contributed by atoms with Crippen molar-refractivity contribution < 1.29 is 9.53 Å². The van der Waals surface area contributed by atoms with Gasteiger partial charge in [-0.3, -0.25) is 4.79 Å². The Morgan fingerprint density at radius 1 is 1.05 bits per heavy atom. The molecule has 0 bridgehead atoms. The maximum Gasteiger partial charge on any atom is 0.237 e. The Bertz CT molecular complexity index is 648. The molecule has 0 unspecified atom stereocenters. The summed E-state index contributed by atoms with van der Waals surface area (Å²) in [5, 5.41) is 3.06. The lowest BCUT2D eigenvalue weighted by atomic mass is 9.78. The van der Waals surface area contributed by atoms with Gasteiger partial charge in [0.2, 0.25) is 5.91 Å². The molecule has 0 saturated carbocycles. The summed E-state index contributed by atoms with van der Waals surface area (Å²) in [4.78, 5) is 13.1. The van der Waals surface area contributed by atoms with E-state index in [1.165, 1.54) is 0 Å². The van der Waals surface area contributed by atoms with Gasteiger partial charge in [-0.15, -0.1) is 0 Å². The van der Waals surface area contributed by atoms with Gasteiger partial charge in [0.15, 0.2) is 0 Å². The molecule has 1 amide bonds. The van der Waals surface area contributed by atoms with E-state index in [9.17, 15) is 4.79 Å². The van der Waals surface area contributed by atoms with Crippen molar-refractivity contribution in [3.63, 3.8) is 0 Å². The van der Waals surface area contributed by atoms with Gasteiger partial charge in [-0.05, 0) is 28.7 Å². The Balaban J connectivity index is 2.22. The van der Waals surface area contributed by atoms with Gasteiger partial charge >= 0.3 is 0 Å². The van der Waals surface area contributed by atoms with Gasteiger partial charge < -0.3 is 10.1 Å². The van der Waals surface area contributed by atoms with E-state index in [1.807, 2.05) is 36.4 Å². The van der Waals surface area contributed by atoms with Crippen LogP contribution in [0.4, 0.5) is 0 Å². The van der Waals surface area contributed by atoms with E-state index in [0.717, 1.165) is 28.7 Å². The zero-order valence-electron chi connectivity index (χ0n) is 13.1. The number of hydrogen-bond donors (Lipinski definition) is 1. The summed E-state index contributed by atoms with van der Waals surface area (Å²) in [5.41, 5.74) is 3.57. The minimum Gasteiger partial charge on any atom is -0.383 e. The SMILES string of the molecule is CCCNC(=O)C1(COC)c2ccccc2-c2ccccc21. The summed E-state index contributed by atoms with van der Waals surface area (Å²) < 4.78 is 5.48. The van der Waals surface area contributed by atoms with E-state index in [-0.39, 0.29) is 5.91 Å². The standard InChI is InChI=1S/C19H21NO2/c1-3-12-20-18(21)19(13-22-2)16-10-6-4-8-14(16)15-9-5-7-11-17(15)19/h4-11H,3,12-13H2,1-2H3,(H,20,21). The molecule has 0 radical (unpaired) electrons. The molecule has 3 heteroatoms. The van der Waals surface area contributed by atoms with E-state index in [0.29, 0.717) is 13.2 Å². The van der Waals surface area contributed by atoms with Crippen molar-refractivity contribution in [2.24, 2.45) is 0 Å². The van der Waals surface area contributed by atoms with Crippen LogP contribution in [0.2, 0.25) is 0 Å². The monoisotopic (exact) mass is 295 g/mol. The molecule has 0 saturated heterocycles. The number of hydrogen-bond acceptors (Lipinski definition) is 2. The van der Waals surface area contributed by atoms with Crippen LogP contribution in [0.3, 0.4) is 0 Å². The van der Waals surface area contributed by atoms with Crippen LogP contribution in [0.1, 0.15) is 24.5 Å². The molecule has 0 fully saturated rings. The highest BCUT2D eigenvalue weighted by Crippen LogP contribution is 2.49.